The van der Waals surface area contributed by atoms with Gasteiger partial charge in [0, 0.05) is 31.4 Å². The first kappa shape index (κ1) is 15.2. The van der Waals surface area contributed by atoms with Crippen LogP contribution in [0.3, 0.4) is 0 Å². The molecule has 0 N–H and O–H groups in total. The van der Waals surface area contributed by atoms with Crippen LogP contribution in [0, 0.1) is 19.9 Å². The summed E-state index contributed by atoms with van der Waals surface area (Å²) in [5.74, 6) is 0. The normalized spacial score (nSPS) is 11.1. The quantitative estimate of drug-likeness (QED) is 0.507. The summed E-state index contributed by atoms with van der Waals surface area (Å²) in [6.07, 6.45) is 0. The van der Waals surface area contributed by atoms with Crippen LogP contribution in [0.15, 0.2) is 0 Å². The first-order chi connectivity index (χ1) is 6.25. The fraction of sp³-hybridized carbons (Fsp3) is 0.667. The molecule has 1 aromatic heterocycles. The van der Waals surface area contributed by atoms with E-state index in [-0.39, 0.29) is 26.5 Å². The van der Waals surface area contributed by atoms with Gasteiger partial charge in [0.05, 0.1) is 6.04 Å². The van der Waals surface area contributed by atoms with Crippen LogP contribution in [0.2, 0.25) is 0 Å². The average molecular weight is 395 g/mol. The van der Waals surface area contributed by atoms with Crippen LogP contribution >= 0.6 is 11.3 Å². The molecule has 0 unspecified atom stereocenters. The molecule has 0 spiro atoms. The molecule has 0 aliphatic rings. The van der Waals surface area contributed by atoms with E-state index in [9.17, 15) is 0 Å². The molecule has 0 radical (unpaired) electrons. The van der Waals surface area contributed by atoms with Crippen molar-refractivity contribution in [1.29, 1.82) is 0 Å². The van der Waals surface area contributed by atoms with Gasteiger partial charge in [-0.3, -0.25) is 0 Å². The van der Waals surface area contributed by atoms with Crippen molar-refractivity contribution in [3.05, 3.63) is 21.6 Å². The maximum Gasteiger partial charge on any atom is 0.134 e. The molecule has 0 bridgehead atoms. The standard InChI is InChI=1S/C12H21NS.W/c1-8(2)13-10(4)14-9(3)11(13)12(5,6)7;/h1-7H3;. The first-order valence-corrected chi connectivity index (χ1v) is 5.90. The second-order valence-corrected chi connectivity index (χ2v) is 6.47. The van der Waals surface area contributed by atoms with E-state index >= 15 is 0 Å². The number of aromatic nitrogens is 1. The van der Waals surface area contributed by atoms with Gasteiger partial charge >= 0.3 is 0 Å². The summed E-state index contributed by atoms with van der Waals surface area (Å²) in [7, 11) is 0. The van der Waals surface area contributed by atoms with Gasteiger partial charge in [-0.2, -0.15) is 11.3 Å². The molecule has 1 rings (SSSR count). The van der Waals surface area contributed by atoms with Crippen molar-refractivity contribution in [2.24, 2.45) is 0 Å². The van der Waals surface area contributed by atoms with Crippen LogP contribution in [0.4, 0.5) is 0 Å². The van der Waals surface area contributed by atoms with Crippen LogP contribution in [-0.4, -0.2) is 0 Å². The number of thiazole rings is 1. The summed E-state index contributed by atoms with van der Waals surface area (Å²) in [5, 5.41) is 1.38. The second kappa shape index (κ2) is 5.01. The molecule has 0 fully saturated rings. The average Bonchev–Trinajstić information content (AvgIpc) is 2.23. The number of aryl methyl sites for hydroxylation is 2. The number of rotatable bonds is 1. The van der Waals surface area contributed by atoms with Gasteiger partial charge in [-0.05, 0) is 27.7 Å². The molecule has 86 valence electrons. The van der Waals surface area contributed by atoms with Gasteiger partial charge in [0.1, 0.15) is 10.7 Å². The third-order valence-corrected chi connectivity index (χ3v) is 3.31. The molecule has 0 amide bonds. The molecule has 1 nitrogen and oxygen atoms in total. The zero-order chi connectivity index (χ0) is 11.1. The third-order valence-electron chi connectivity index (χ3n) is 2.33. The predicted molar refractivity (Wildman–Crippen MR) is 62.7 cm³/mol. The fourth-order valence-corrected chi connectivity index (χ4v) is 3.33. The Morgan fingerprint density at radius 3 is 1.87 bits per heavy atom. The van der Waals surface area contributed by atoms with Crippen LogP contribution in [0.25, 0.3) is 0 Å². The molecule has 3 heteroatoms. The van der Waals surface area contributed by atoms with Gasteiger partial charge in [0.2, 0.25) is 0 Å². The van der Waals surface area contributed by atoms with Gasteiger partial charge in [0.25, 0.3) is 0 Å². The Labute approximate surface area is 112 Å². The van der Waals surface area contributed by atoms with Crippen molar-refractivity contribution in [1.82, 2.24) is 0 Å². The van der Waals surface area contributed by atoms with Crippen molar-refractivity contribution in [2.45, 2.75) is 53.9 Å². The molecule has 1 heterocycles. The number of hydrogen-bond donors (Lipinski definition) is 0. The Morgan fingerprint density at radius 2 is 1.60 bits per heavy atom. The van der Waals surface area contributed by atoms with E-state index < -0.39 is 0 Å². The minimum atomic E-state index is 0. The molecular formula is C12H21NSW. The second-order valence-electron chi connectivity index (χ2n) is 5.06. The predicted octanol–water partition coefficient (Wildman–Crippen LogP) is 3.37. The van der Waals surface area contributed by atoms with E-state index in [1.165, 1.54) is 21.6 Å². The van der Waals surface area contributed by atoms with E-state index in [4.69, 9.17) is 0 Å². The SMILES string of the molecule is Cc1sc(C)[n+]([C-](C)C)c1C(C)(C)C.[W]. The van der Waals surface area contributed by atoms with E-state index in [0.29, 0.717) is 0 Å². The summed E-state index contributed by atoms with van der Waals surface area (Å²) in [6, 6.07) is 1.36. The fourth-order valence-electron chi connectivity index (χ4n) is 2.03. The summed E-state index contributed by atoms with van der Waals surface area (Å²) in [5.41, 5.74) is 1.69. The van der Waals surface area contributed by atoms with Gasteiger partial charge in [-0.1, -0.05) is 20.8 Å². The zero-order valence-corrected chi connectivity index (χ0v) is 14.5. The first-order valence-electron chi connectivity index (χ1n) is 5.08. The molecule has 0 saturated carbocycles. The minimum absolute atomic E-state index is 0. The van der Waals surface area contributed by atoms with E-state index in [1.807, 2.05) is 11.3 Å². The van der Waals surface area contributed by atoms with Crippen molar-refractivity contribution >= 4 is 11.3 Å². The monoisotopic (exact) mass is 395 g/mol. The molecule has 0 aliphatic heterocycles. The molecule has 0 aliphatic carbocycles. The summed E-state index contributed by atoms with van der Waals surface area (Å²) < 4.78 is 2.39. The van der Waals surface area contributed by atoms with Crippen molar-refractivity contribution < 1.29 is 25.6 Å². The number of nitrogens with zero attached hydrogens (tertiary/aromatic N) is 1. The third kappa shape index (κ3) is 3.07. The van der Waals surface area contributed by atoms with Gasteiger partial charge in [-0.15, -0.1) is 0 Å². The number of hydrogen-bond acceptors (Lipinski definition) is 1. The Bertz CT molecular complexity index is 334. The maximum absolute atomic E-state index is 2.39. The summed E-state index contributed by atoms with van der Waals surface area (Å²) in [4.78, 5) is 1.44. The molecule has 1 aromatic rings. The minimum Gasteiger partial charge on any atom is -0.320 e. The smallest absolute Gasteiger partial charge is 0.134 e. The van der Waals surface area contributed by atoms with E-state index in [2.05, 4.69) is 53.0 Å². The zero-order valence-electron chi connectivity index (χ0n) is 10.8. The van der Waals surface area contributed by atoms with Crippen molar-refractivity contribution in [3.63, 3.8) is 0 Å². The Balaban J connectivity index is 0.00000196. The molecule has 0 atom stereocenters. The van der Waals surface area contributed by atoms with E-state index in [1.54, 1.807) is 0 Å². The molecule has 0 saturated heterocycles. The summed E-state index contributed by atoms with van der Waals surface area (Å²) in [6.45, 7) is 15.6. The van der Waals surface area contributed by atoms with Gasteiger partial charge in [-0.25, -0.2) is 0 Å². The van der Waals surface area contributed by atoms with Gasteiger partial charge in [0.15, 0.2) is 0 Å². The Morgan fingerprint density at radius 1 is 1.13 bits per heavy atom. The van der Waals surface area contributed by atoms with Crippen LogP contribution in [0.1, 0.15) is 50.2 Å². The van der Waals surface area contributed by atoms with E-state index in [0.717, 1.165) is 0 Å². The topological polar surface area (TPSA) is 3.88 Å². The van der Waals surface area contributed by atoms with Crippen molar-refractivity contribution in [3.8, 4) is 0 Å². The molecular weight excluding hydrogens is 374 g/mol. The molecule has 15 heavy (non-hydrogen) atoms. The van der Waals surface area contributed by atoms with Crippen molar-refractivity contribution in [2.75, 3.05) is 0 Å². The molecule has 0 aromatic carbocycles. The van der Waals surface area contributed by atoms with Crippen LogP contribution in [-0.2, 0) is 26.5 Å². The van der Waals surface area contributed by atoms with Crippen LogP contribution in [0.5, 0.6) is 0 Å². The Kier molecular flexibility index (Phi) is 5.08. The Hall–Kier alpha value is 0.188. The summed E-state index contributed by atoms with van der Waals surface area (Å²) >= 11 is 1.89. The van der Waals surface area contributed by atoms with Gasteiger partial charge < -0.3 is 4.57 Å². The maximum atomic E-state index is 2.39. The van der Waals surface area contributed by atoms with Crippen LogP contribution < -0.4 is 4.57 Å². The largest absolute Gasteiger partial charge is 0.320 e.